The Balaban J connectivity index is 1.95. The highest BCUT2D eigenvalue weighted by Crippen LogP contribution is 2.21. The van der Waals surface area contributed by atoms with E-state index >= 15 is 0 Å². The van der Waals surface area contributed by atoms with Crippen molar-refractivity contribution in [1.82, 2.24) is 4.90 Å². The van der Waals surface area contributed by atoms with Crippen molar-refractivity contribution in [2.75, 3.05) is 18.9 Å². The lowest BCUT2D eigenvalue weighted by molar-refractivity contribution is -0.117. The second kappa shape index (κ2) is 7.09. The molecule has 1 aromatic heterocycles. The van der Waals surface area contributed by atoms with Crippen LogP contribution in [0.3, 0.4) is 0 Å². The molecule has 0 saturated carbocycles. The molecule has 0 bridgehead atoms. The summed E-state index contributed by atoms with van der Waals surface area (Å²) in [5.74, 6) is 0.850. The van der Waals surface area contributed by atoms with Gasteiger partial charge in [0.15, 0.2) is 0 Å². The van der Waals surface area contributed by atoms with E-state index in [1.807, 2.05) is 43.1 Å². The molecule has 2 rings (SSSR count). The van der Waals surface area contributed by atoms with Crippen molar-refractivity contribution < 1.29 is 9.21 Å². The smallest absolute Gasteiger partial charge is 0.238 e. The molecule has 0 aliphatic heterocycles. The highest BCUT2D eigenvalue weighted by molar-refractivity contribution is 5.93. The van der Waals surface area contributed by atoms with Crippen LogP contribution in [0.2, 0.25) is 0 Å². The number of benzene rings is 1. The molecule has 21 heavy (non-hydrogen) atoms. The van der Waals surface area contributed by atoms with Crippen LogP contribution in [0, 0.1) is 6.92 Å². The number of nitrogens with zero attached hydrogens (tertiary/aromatic N) is 1. The molecule has 0 unspecified atom stereocenters. The van der Waals surface area contributed by atoms with Gasteiger partial charge in [-0.15, -0.1) is 0 Å². The maximum atomic E-state index is 12.2. The van der Waals surface area contributed by atoms with Gasteiger partial charge in [-0.2, -0.15) is 0 Å². The topological polar surface area (TPSA) is 45.5 Å². The molecule has 0 atom stereocenters. The van der Waals surface area contributed by atoms with E-state index in [0.717, 1.165) is 29.0 Å². The third-order valence-electron chi connectivity index (χ3n) is 3.42. The number of hydrogen-bond donors (Lipinski definition) is 1. The highest BCUT2D eigenvalue weighted by Gasteiger charge is 2.11. The molecule has 0 aliphatic rings. The maximum absolute atomic E-state index is 12.2. The Bertz CT molecular complexity index is 591. The first-order chi connectivity index (χ1) is 10.1. The summed E-state index contributed by atoms with van der Waals surface area (Å²) in [5, 5.41) is 3.03. The van der Waals surface area contributed by atoms with E-state index in [9.17, 15) is 4.79 Å². The number of amides is 1. The van der Waals surface area contributed by atoms with E-state index in [1.54, 1.807) is 6.26 Å². The molecule has 4 heteroatoms. The number of hydrogen-bond acceptors (Lipinski definition) is 3. The van der Waals surface area contributed by atoms with Crippen LogP contribution in [-0.2, 0) is 17.8 Å². The van der Waals surface area contributed by atoms with Crippen LogP contribution < -0.4 is 5.32 Å². The van der Waals surface area contributed by atoms with Crippen molar-refractivity contribution >= 4 is 11.6 Å². The first-order valence-electron chi connectivity index (χ1n) is 7.19. The van der Waals surface area contributed by atoms with E-state index in [-0.39, 0.29) is 5.91 Å². The number of carbonyl (C=O) groups is 1. The minimum absolute atomic E-state index is 0.00643. The van der Waals surface area contributed by atoms with E-state index in [4.69, 9.17) is 4.42 Å². The average Bonchev–Trinajstić information content (AvgIpc) is 2.93. The predicted molar refractivity (Wildman–Crippen MR) is 84.2 cm³/mol. The van der Waals surface area contributed by atoms with Crippen LogP contribution in [0.5, 0.6) is 0 Å². The quantitative estimate of drug-likeness (QED) is 0.887. The van der Waals surface area contributed by atoms with Crippen molar-refractivity contribution in [3.63, 3.8) is 0 Å². The van der Waals surface area contributed by atoms with Gasteiger partial charge in [-0.3, -0.25) is 9.69 Å². The zero-order chi connectivity index (χ0) is 15.2. The van der Waals surface area contributed by atoms with Gasteiger partial charge < -0.3 is 9.73 Å². The van der Waals surface area contributed by atoms with E-state index in [2.05, 4.69) is 18.3 Å². The summed E-state index contributed by atoms with van der Waals surface area (Å²) in [6, 6.07) is 9.85. The van der Waals surface area contributed by atoms with Crippen molar-refractivity contribution in [3.05, 3.63) is 53.5 Å². The number of aryl methyl sites for hydroxylation is 2. The Morgan fingerprint density at radius 2 is 2.10 bits per heavy atom. The molecule has 1 heterocycles. The number of anilines is 1. The molecular weight excluding hydrogens is 264 g/mol. The van der Waals surface area contributed by atoms with Gasteiger partial charge in [0.2, 0.25) is 5.91 Å². The van der Waals surface area contributed by atoms with Crippen molar-refractivity contribution in [1.29, 1.82) is 0 Å². The molecule has 1 N–H and O–H groups in total. The monoisotopic (exact) mass is 286 g/mol. The summed E-state index contributed by atoms with van der Waals surface area (Å²) in [6.07, 6.45) is 2.55. The van der Waals surface area contributed by atoms with Gasteiger partial charge in [0.1, 0.15) is 5.76 Å². The Labute approximate surface area is 125 Å². The van der Waals surface area contributed by atoms with Crippen molar-refractivity contribution in [2.45, 2.75) is 26.8 Å². The fourth-order valence-electron chi connectivity index (χ4n) is 2.35. The molecule has 0 aliphatic carbocycles. The van der Waals surface area contributed by atoms with Gasteiger partial charge >= 0.3 is 0 Å². The number of rotatable bonds is 6. The first-order valence-corrected chi connectivity index (χ1v) is 7.19. The number of carbonyl (C=O) groups excluding carboxylic acids is 1. The molecular formula is C17H22N2O2. The zero-order valence-electron chi connectivity index (χ0n) is 12.8. The molecule has 0 fully saturated rings. The Kier molecular flexibility index (Phi) is 5.17. The minimum Gasteiger partial charge on any atom is -0.468 e. The summed E-state index contributed by atoms with van der Waals surface area (Å²) in [4.78, 5) is 14.1. The number of furan rings is 1. The van der Waals surface area contributed by atoms with E-state index in [1.165, 1.54) is 0 Å². The minimum atomic E-state index is -0.00643. The van der Waals surface area contributed by atoms with Gasteiger partial charge in [-0.1, -0.05) is 25.1 Å². The molecule has 0 radical (unpaired) electrons. The molecule has 1 amide bonds. The normalized spacial score (nSPS) is 10.9. The highest BCUT2D eigenvalue weighted by atomic mass is 16.3. The van der Waals surface area contributed by atoms with Gasteiger partial charge in [-0.05, 0) is 43.7 Å². The van der Waals surface area contributed by atoms with Gasteiger partial charge in [0, 0.05) is 5.69 Å². The fraction of sp³-hybridized carbons (Fsp3) is 0.353. The summed E-state index contributed by atoms with van der Waals surface area (Å²) < 4.78 is 5.29. The maximum Gasteiger partial charge on any atom is 0.238 e. The number of para-hydroxylation sites is 1. The molecule has 112 valence electrons. The second-order valence-electron chi connectivity index (χ2n) is 5.26. The lowest BCUT2D eigenvalue weighted by Gasteiger charge is -2.17. The van der Waals surface area contributed by atoms with Crippen LogP contribution >= 0.6 is 0 Å². The lowest BCUT2D eigenvalue weighted by atomic mass is 10.1. The molecule has 0 saturated heterocycles. The standard InChI is InChI=1S/C17H22N2O2/c1-4-14-8-5-7-13(2)17(14)18-16(20)12-19(3)11-15-9-6-10-21-15/h5-10H,4,11-12H2,1-3H3,(H,18,20). The van der Waals surface area contributed by atoms with E-state index < -0.39 is 0 Å². The van der Waals surface area contributed by atoms with Crippen molar-refractivity contribution in [3.8, 4) is 0 Å². The predicted octanol–water partition coefficient (Wildman–Crippen LogP) is 3.22. The summed E-state index contributed by atoms with van der Waals surface area (Å²) in [6.45, 7) is 5.06. The van der Waals surface area contributed by atoms with Crippen LogP contribution in [0.1, 0.15) is 23.8 Å². The number of nitrogens with one attached hydrogen (secondary N) is 1. The van der Waals surface area contributed by atoms with Gasteiger partial charge in [0.25, 0.3) is 0 Å². The van der Waals surface area contributed by atoms with Crippen LogP contribution in [0.25, 0.3) is 0 Å². The Morgan fingerprint density at radius 1 is 1.29 bits per heavy atom. The second-order valence-corrected chi connectivity index (χ2v) is 5.26. The third kappa shape index (κ3) is 4.20. The molecule has 1 aromatic carbocycles. The first kappa shape index (κ1) is 15.3. The van der Waals surface area contributed by atoms with Gasteiger partial charge in [-0.25, -0.2) is 0 Å². The third-order valence-corrected chi connectivity index (χ3v) is 3.42. The Hall–Kier alpha value is -2.07. The summed E-state index contributed by atoms with van der Waals surface area (Å²) in [7, 11) is 1.90. The van der Waals surface area contributed by atoms with Crippen molar-refractivity contribution in [2.24, 2.45) is 0 Å². The van der Waals surface area contributed by atoms with Crippen LogP contribution in [-0.4, -0.2) is 24.4 Å². The zero-order valence-corrected chi connectivity index (χ0v) is 12.8. The van der Waals surface area contributed by atoms with Crippen LogP contribution in [0.4, 0.5) is 5.69 Å². The molecule has 4 nitrogen and oxygen atoms in total. The fourth-order valence-corrected chi connectivity index (χ4v) is 2.35. The van der Waals surface area contributed by atoms with Crippen LogP contribution in [0.15, 0.2) is 41.0 Å². The summed E-state index contributed by atoms with van der Waals surface area (Å²) >= 11 is 0. The largest absolute Gasteiger partial charge is 0.468 e. The van der Waals surface area contributed by atoms with E-state index in [0.29, 0.717) is 13.1 Å². The van der Waals surface area contributed by atoms with Gasteiger partial charge in [0.05, 0.1) is 19.4 Å². The molecule has 0 spiro atoms. The summed E-state index contributed by atoms with van der Waals surface area (Å²) in [5.41, 5.74) is 3.20. The molecule has 2 aromatic rings. The SMILES string of the molecule is CCc1cccc(C)c1NC(=O)CN(C)Cc1ccco1. The Morgan fingerprint density at radius 3 is 2.76 bits per heavy atom. The number of likely N-dealkylation sites (N-methyl/N-ethyl adjacent to an activating group) is 1. The average molecular weight is 286 g/mol. The lowest BCUT2D eigenvalue weighted by Crippen LogP contribution is -2.30.